The first-order chi connectivity index (χ1) is 6.97. The van der Waals surface area contributed by atoms with Crippen molar-refractivity contribution < 1.29 is 8.78 Å². The summed E-state index contributed by atoms with van der Waals surface area (Å²) in [6, 6.07) is 2.86. The van der Waals surface area contributed by atoms with Crippen LogP contribution in [0.3, 0.4) is 0 Å². The minimum Gasteiger partial charge on any atom is -0.327 e. The summed E-state index contributed by atoms with van der Waals surface area (Å²) in [5.41, 5.74) is 6.52. The van der Waals surface area contributed by atoms with Crippen molar-refractivity contribution in [3.63, 3.8) is 0 Å². The first kappa shape index (κ1) is 11.0. The second-order valence-corrected chi connectivity index (χ2v) is 5.05. The zero-order valence-electron chi connectivity index (χ0n) is 8.36. The van der Waals surface area contributed by atoms with E-state index in [0.29, 0.717) is 0 Å². The maximum absolute atomic E-state index is 13.2. The molecule has 2 N–H and O–H groups in total. The van der Waals surface area contributed by atoms with Crippen LogP contribution >= 0.6 is 15.9 Å². The molecular formula is C11H12BrF2N. The number of rotatable bonds is 2. The molecule has 0 heterocycles. The summed E-state index contributed by atoms with van der Waals surface area (Å²) in [4.78, 5) is 0. The van der Waals surface area contributed by atoms with Gasteiger partial charge in [-0.2, -0.15) is 0 Å². The number of hydrogen-bond acceptors (Lipinski definition) is 1. The summed E-state index contributed by atoms with van der Waals surface area (Å²) in [6.45, 7) is 1.90. The Morgan fingerprint density at radius 3 is 2.40 bits per heavy atom. The molecule has 1 saturated carbocycles. The Labute approximate surface area is 95.8 Å². The molecule has 0 spiro atoms. The second kappa shape index (κ2) is 3.52. The lowest BCUT2D eigenvalue weighted by Gasteiger charge is -2.20. The summed E-state index contributed by atoms with van der Waals surface area (Å²) in [7, 11) is 0. The lowest BCUT2D eigenvalue weighted by atomic mass is 9.89. The number of halogens is 3. The summed E-state index contributed by atoms with van der Waals surface area (Å²) >= 11 is 3.01. The molecule has 82 valence electrons. The van der Waals surface area contributed by atoms with E-state index in [2.05, 4.69) is 15.9 Å². The molecule has 1 aromatic rings. The van der Waals surface area contributed by atoms with Gasteiger partial charge >= 0.3 is 0 Å². The highest BCUT2D eigenvalue weighted by atomic mass is 79.9. The molecule has 2 rings (SSSR count). The lowest BCUT2D eigenvalue weighted by Crippen LogP contribution is -2.31. The van der Waals surface area contributed by atoms with Gasteiger partial charge in [0.25, 0.3) is 0 Å². The molecule has 0 bridgehead atoms. The van der Waals surface area contributed by atoms with E-state index in [1.807, 2.05) is 6.92 Å². The van der Waals surface area contributed by atoms with E-state index in [1.54, 1.807) is 6.07 Å². The van der Waals surface area contributed by atoms with Crippen LogP contribution in [0.1, 0.15) is 25.3 Å². The molecule has 4 heteroatoms. The van der Waals surface area contributed by atoms with Crippen LogP contribution in [0.2, 0.25) is 0 Å². The Hall–Kier alpha value is -0.480. The van der Waals surface area contributed by atoms with Gasteiger partial charge in [0, 0.05) is 11.5 Å². The van der Waals surface area contributed by atoms with Crippen LogP contribution in [0.4, 0.5) is 8.78 Å². The summed E-state index contributed by atoms with van der Waals surface area (Å²) in [6.07, 6.45) is 1.89. The fourth-order valence-corrected chi connectivity index (χ4v) is 2.42. The first-order valence-corrected chi connectivity index (χ1v) is 5.67. The smallest absolute Gasteiger partial charge is 0.172 e. The van der Waals surface area contributed by atoms with Crippen LogP contribution in [0.25, 0.3) is 0 Å². The Bertz CT molecular complexity index is 377. The third-order valence-corrected chi connectivity index (χ3v) is 3.80. The van der Waals surface area contributed by atoms with Crippen molar-refractivity contribution >= 4 is 15.9 Å². The molecule has 1 nitrogen and oxygen atoms in total. The molecule has 15 heavy (non-hydrogen) atoms. The van der Waals surface area contributed by atoms with Crippen LogP contribution < -0.4 is 5.73 Å². The van der Waals surface area contributed by atoms with Gasteiger partial charge < -0.3 is 5.73 Å². The highest BCUT2D eigenvalue weighted by Gasteiger charge is 2.47. The quantitative estimate of drug-likeness (QED) is 0.825. The van der Waals surface area contributed by atoms with Gasteiger partial charge in [-0.3, -0.25) is 0 Å². The Morgan fingerprint density at radius 2 is 2.00 bits per heavy atom. The van der Waals surface area contributed by atoms with Gasteiger partial charge in [-0.1, -0.05) is 0 Å². The van der Waals surface area contributed by atoms with Crippen molar-refractivity contribution in [2.75, 3.05) is 0 Å². The first-order valence-electron chi connectivity index (χ1n) is 4.88. The number of nitrogens with two attached hydrogens (primary N) is 1. The molecule has 0 radical (unpaired) electrons. The van der Waals surface area contributed by atoms with E-state index in [1.165, 1.54) is 6.07 Å². The van der Waals surface area contributed by atoms with Crippen LogP contribution in [0.15, 0.2) is 16.6 Å². The number of benzene rings is 1. The Balaban J connectivity index is 2.47. The van der Waals surface area contributed by atoms with Gasteiger partial charge in [0.1, 0.15) is 0 Å². The van der Waals surface area contributed by atoms with Gasteiger partial charge in [0.15, 0.2) is 11.6 Å². The van der Waals surface area contributed by atoms with E-state index in [9.17, 15) is 8.78 Å². The standard InChI is InChI=1S/C11H12BrF2N/c1-6(15)11(2-3-11)7-4-8(12)10(14)9(13)5-7/h4-6H,2-3,15H2,1H3. The molecule has 1 fully saturated rings. The predicted molar refractivity (Wildman–Crippen MR) is 58.6 cm³/mol. The zero-order valence-corrected chi connectivity index (χ0v) is 9.94. The van der Waals surface area contributed by atoms with E-state index < -0.39 is 11.6 Å². The molecule has 1 aromatic carbocycles. The minimum absolute atomic E-state index is 0.0331. The maximum atomic E-state index is 13.2. The zero-order chi connectivity index (χ0) is 11.2. The third-order valence-electron chi connectivity index (χ3n) is 3.22. The molecule has 0 amide bonds. The summed E-state index contributed by atoms with van der Waals surface area (Å²) in [5.74, 6) is -1.65. The maximum Gasteiger partial charge on any atom is 0.172 e. The van der Waals surface area contributed by atoms with Gasteiger partial charge in [-0.15, -0.1) is 0 Å². The molecule has 1 atom stereocenters. The molecule has 0 aliphatic heterocycles. The SMILES string of the molecule is CC(N)C1(c2cc(F)c(F)c(Br)c2)CC1. The second-order valence-electron chi connectivity index (χ2n) is 4.20. The topological polar surface area (TPSA) is 26.0 Å². The third kappa shape index (κ3) is 1.70. The predicted octanol–water partition coefficient (Wildman–Crippen LogP) is 3.11. The van der Waals surface area contributed by atoms with Gasteiger partial charge in [0.05, 0.1) is 4.47 Å². The largest absolute Gasteiger partial charge is 0.327 e. The van der Waals surface area contributed by atoms with Gasteiger partial charge in [0.2, 0.25) is 0 Å². The molecule has 0 aromatic heterocycles. The van der Waals surface area contributed by atoms with Crippen LogP contribution in [0, 0.1) is 11.6 Å². The lowest BCUT2D eigenvalue weighted by molar-refractivity contribution is 0.493. The van der Waals surface area contributed by atoms with E-state index in [-0.39, 0.29) is 15.9 Å². The van der Waals surface area contributed by atoms with Crippen molar-refractivity contribution in [3.05, 3.63) is 33.8 Å². The summed E-state index contributed by atoms with van der Waals surface area (Å²) in [5, 5.41) is 0. The average molecular weight is 276 g/mol. The minimum atomic E-state index is -0.834. The normalized spacial score (nSPS) is 20.1. The number of hydrogen-bond donors (Lipinski definition) is 1. The van der Waals surface area contributed by atoms with Crippen LogP contribution in [-0.4, -0.2) is 6.04 Å². The van der Waals surface area contributed by atoms with Gasteiger partial charge in [-0.25, -0.2) is 8.78 Å². The summed E-state index contributed by atoms with van der Waals surface area (Å²) < 4.78 is 26.5. The van der Waals surface area contributed by atoms with Crippen molar-refractivity contribution in [1.82, 2.24) is 0 Å². The van der Waals surface area contributed by atoms with Crippen LogP contribution in [-0.2, 0) is 5.41 Å². The highest BCUT2D eigenvalue weighted by Crippen LogP contribution is 2.51. The van der Waals surface area contributed by atoms with E-state index in [0.717, 1.165) is 18.4 Å². The molecule has 1 unspecified atom stereocenters. The average Bonchev–Trinajstić information content (AvgIpc) is 2.93. The molecule has 0 saturated heterocycles. The van der Waals surface area contributed by atoms with Crippen LogP contribution in [0.5, 0.6) is 0 Å². The molecule has 1 aliphatic rings. The van der Waals surface area contributed by atoms with Crippen molar-refractivity contribution in [2.24, 2.45) is 5.73 Å². The van der Waals surface area contributed by atoms with Crippen molar-refractivity contribution in [3.8, 4) is 0 Å². The van der Waals surface area contributed by atoms with E-state index in [4.69, 9.17) is 5.73 Å². The monoisotopic (exact) mass is 275 g/mol. The Kier molecular flexibility index (Phi) is 2.59. The molecule has 1 aliphatic carbocycles. The highest BCUT2D eigenvalue weighted by molar-refractivity contribution is 9.10. The fourth-order valence-electron chi connectivity index (χ4n) is 1.98. The van der Waals surface area contributed by atoms with Crippen molar-refractivity contribution in [1.29, 1.82) is 0 Å². The van der Waals surface area contributed by atoms with E-state index >= 15 is 0 Å². The van der Waals surface area contributed by atoms with Crippen molar-refractivity contribution in [2.45, 2.75) is 31.2 Å². The fraction of sp³-hybridized carbons (Fsp3) is 0.455. The molecular weight excluding hydrogens is 264 g/mol. The van der Waals surface area contributed by atoms with Gasteiger partial charge in [-0.05, 0) is 53.4 Å². The Morgan fingerprint density at radius 1 is 1.40 bits per heavy atom.